The van der Waals surface area contributed by atoms with Crippen molar-refractivity contribution in [2.24, 2.45) is 5.41 Å². The van der Waals surface area contributed by atoms with E-state index in [0.717, 1.165) is 0 Å². The highest BCUT2D eigenvalue weighted by Crippen LogP contribution is 2.32. The number of aliphatic hydroxyl groups excluding tert-OH is 4. The van der Waals surface area contributed by atoms with Crippen LogP contribution in [0.5, 0.6) is 0 Å². The predicted molar refractivity (Wildman–Crippen MR) is 107 cm³/mol. The fraction of sp³-hybridized carbons (Fsp3) is 0.294. The van der Waals surface area contributed by atoms with Crippen molar-refractivity contribution in [1.29, 1.82) is 0 Å². The molecule has 0 aliphatic rings. The molecule has 2 aromatic rings. The molecular weight excluding hydrogens is 426 g/mol. The van der Waals surface area contributed by atoms with Gasteiger partial charge >= 0.3 is 15.2 Å². The number of rotatable bonds is 6. The second kappa shape index (κ2) is 13.0. The fourth-order valence-corrected chi connectivity index (χ4v) is 2.67. The summed E-state index contributed by atoms with van der Waals surface area (Å²) >= 11 is 0. The van der Waals surface area contributed by atoms with Gasteiger partial charge in [0.05, 0.1) is 42.5 Å². The topological polar surface area (TPSA) is 196 Å². The number of hydrogen-bond donors (Lipinski definition) is 8. The molecule has 0 aromatic heterocycles. The van der Waals surface area contributed by atoms with E-state index in [1.165, 1.54) is 24.3 Å². The van der Waals surface area contributed by atoms with Crippen molar-refractivity contribution in [2.75, 3.05) is 26.4 Å². The molecule has 0 bridgehead atoms. The molecule has 29 heavy (non-hydrogen) atoms. The standard InChI is InChI=1S/2C6H7O3P.C5H12O4/c2*7-10(8,9)6-4-2-1-3-5-6;6-1-5(2-7,3-8)4-9/h2*1-5H,(H2,7,8,9);6-9H,1-4H2. The Kier molecular flexibility index (Phi) is 12.4. The number of hydrogen-bond acceptors (Lipinski definition) is 6. The first-order chi connectivity index (χ1) is 13.5. The van der Waals surface area contributed by atoms with Crippen molar-refractivity contribution in [3.8, 4) is 0 Å². The first-order valence-electron chi connectivity index (χ1n) is 8.11. The molecule has 0 unspecified atom stereocenters. The quantitative estimate of drug-likeness (QED) is 0.250. The normalized spacial score (nSPS) is 11.6. The van der Waals surface area contributed by atoms with Crippen LogP contribution in [-0.4, -0.2) is 66.4 Å². The van der Waals surface area contributed by atoms with Crippen molar-refractivity contribution < 1.29 is 49.1 Å². The van der Waals surface area contributed by atoms with E-state index in [4.69, 9.17) is 40.0 Å². The largest absolute Gasteiger partial charge is 0.396 e. The highest BCUT2D eigenvalue weighted by Gasteiger charge is 2.26. The molecule has 12 heteroatoms. The van der Waals surface area contributed by atoms with Crippen molar-refractivity contribution in [1.82, 2.24) is 0 Å². The fourth-order valence-electron chi connectivity index (χ4n) is 1.54. The Hall–Kier alpha value is -1.42. The third-order valence-corrected chi connectivity index (χ3v) is 5.47. The summed E-state index contributed by atoms with van der Waals surface area (Å²) in [6, 6.07) is 15.4. The number of aliphatic hydroxyl groups is 4. The third-order valence-electron chi connectivity index (χ3n) is 3.53. The molecule has 0 heterocycles. The first kappa shape index (κ1) is 27.6. The molecule has 2 aromatic carbocycles. The Balaban J connectivity index is 0.000000407. The second-order valence-corrected chi connectivity index (χ2v) is 9.10. The van der Waals surface area contributed by atoms with Gasteiger partial charge in [-0.15, -0.1) is 0 Å². The van der Waals surface area contributed by atoms with E-state index in [-0.39, 0.29) is 10.6 Å². The summed E-state index contributed by atoms with van der Waals surface area (Å²) < 4.78 is 21.1. The van der Waals surface area contributed by atoms with Gasteiger partial charge in [-0.1, -0.05) is 36.4 Å². The minimum atomic E-state index is -4.02. The zero-order valence-electron chi connectivity index (χ0n) is 15.4. The SMILES string of the molecule is O=P(O)(O)c1ccccc1.O=P(O)(O)c1ccccc1.OCC(CO)(CO)CO. The van der Waals surface area contributed by atoms with E-state index in [1.54, 1.807) is 36.4 Å². The van der Waals surface area contributed by atoms with Crippen LogP contribution in [0.1, 0.15) is 0 Å². The number of benzene rings is 2. The Morgan fingerprint density at radius 2 is 0.793 bits per heavy atom. The molecule has 8 N–H and O–H groups in total. The van der Waals surface area contributed by atoms with Gasteiger partial charge in [0.15, 0.2) is 0 Å². The molecule has 0 spiro atoms. The molecule has 164 valence electrons. The highest BCUT2D eigenvalue weighted by molar-refractivity contribution is 7.60. The zero-order chi connectivity index (χ0) is 22.6. The Labute approximate surface area is 168 Å². The lowest BCUT2D eigenvalue weighted by Gasteiger charge is -2.23. The Morgan fingerprint density at radius 3 is 0.897 bits per heavy atom. The summed E-state index contributed by atoms with van der Waals surface area (Å²) in [5.74, 6) is 0. The molecule has 0 aliphatic carbocycles. The van der Waals surface area contributed by atoms with Gasteiger partial charge in [0.2, 0.25) is 0 Å². The lowest BCUT2D eigenvalue weighted by Crippen LogP contribution is -2.37. The minimum absolute atomic E-state index is 0.0648. The van der Waals surface area contributed by atoms with Crippen molar-refractivity contribution in [2.45, 2.75) is 0 Å². The monoisotopic (exact) mass is 452 g/mol. The first-order valence-corrected chi connectivity index (χ1v) is 11.3. The van der Waals surface area contributed by atoms with Crippen LogP contribution in [0, 0.1) is 5.41 Å². The molecular formula is C17H26O10P2. The molecule has 0 amide bonds. The van der Waals surface area contributed by atoms with Crippen LogP contribution >= 0.6 is 15.2 Å². The lowest BCUT2D eigenvalue weighted by molar-refractivity contribution is -0.0328. The summed E-state index contributed by atoms with van der Waals surface area (Å²) in [6.07, 6.45) is 0. The third kappa shape index (κ3) is 10.8. The van der Waals surface area contributed by atoms with Crippen LogP contribution in [0.3, 0.4) is 0 Å². The van der Waals surface area contributed by atoms with Crippen molar-refractivity contribution in [3.63, 3.8) is 0 Å². The van der Waals surface area contributed by atoms with Gasteiger partial charge in [0.25, 0.3) is 0 Å². The van der Waals surface area contributed by atoms with Crippen LogP contribution < -0.4 is 10.6 Å². The molecule has 0 atom stereocenters. The van der Waals surface area contributed by atoms with E-state index in [2.05, 4.69) is 0 Å². The van der Waals surface area contributed by atoms with Gasteiger partial charge in [-0.2, -0.15) is 0 Å². The molecule has 0 saturated carbocycles. The smallest absolute Gasteiger partial charge is 0.356 e. The van der Waals surface area contributed by atoms with Gasteiger partial charge < -0.3 is 40.0 Å². The van der Waals surface area contributed by atoms with E-state index < -0.39 is 47.0 Å². The van der Waals surface area contributed by atoms with Crippen LogP contribution in [-0.2, 0) is 9.13 Å². The van der Waals surface area contributed by atoms with E-state index in [0.29, 0.717) is 0 Å². The maximum absolute atomic E-state index is 10.5. The Morgan fingerprint density at radius 1 is 0.552 bits per heavy atom. The molecule has 10 nitrogen and oxygen atoms in total. The average Bonchev–Trinajstić information content (AvgIpc) is 2.71. The van der Waals surface area contributed by atoms with E-state index in [9.17, 15) is 9.13 Å². The van der Waals surface area contributed by atoms with Gasteiger partial charge in [-0.25, -0.2) is 0 Å². The second-order valence-electron chi connectivity index (χ2n) is 5.89. The summed E-state index contributed by atoms with van der Waals surface area (Å²) in [6.45, 7) is -1.62. The van der Waals surface area contributed by atoms with Gasteiger partial charge in [-0.3, -0.25) is 9.13 Å². The summed E-state index contributed by atoms with van der Waals surface area (Å²) in [7, 11) is -8.04. The molecule has 0 saturated heterocycles. The average molecular weight is 452 g/mol. The van der Waals surface area contributed by atoms with Crippen LogP contribution in [0.25, 0.3) is 0 Å². The van der Waals surface area contributed by atoms with E-state index >= 15 is 0 Å². The maximum atomic E-state index is 10.5. The van der Waals surface area contributed by atoms with Crippen molar-refractivity contribution in [3.05, 3.63) is 60.7 Å². The minimum Gasteiger partial charge on any atom is -0.396 e. The molecule has 0 aliphatic heterocycles. The lowest BCUT2D eigenvalue weighted by atomic mass is 9.93. The van der Waals surface area contributed by atoms with Crippen LogP contribution in [0.4, 0.5) is 0 Å². The highest BCUT2D eigenvalue weighted by atomic mass is 31.2. The predicted octanol–water partition coefficient (Wildman–Crippen LogP) is -1.08. The molecule has 0 fully saturated rings. The maximum Gasteiger partial charge on any atom is 0.356 e. The summed E-state index contributed by atoms with van der Waals surface area (Å²) in [4.78, 5) is 34.4. The van der Waals surface area contributed by atoms with Crippen LogP contribution in [0.2, 0.25) is 0 Å². The Bertz CT molecular complexity index is 694. The van der Waals surface area contributed by atoms with Crippen LogP contribution in [0.15, 0.2) is 60.7 Å². The summed E-state index contributed by atoms with van der Waals surface area (Å²) in [5, 5.41) is 34.1. The summed E-state index contributed by atoms with van der Waals surface area (Å²) in [5.41, 5.74) is -1.11. The van der Waals surface area contributed by atoms with Crippen molar-refractivity contribution >= 4 is 25.8 Å². The zero-order valence-corrected chi connectivity index (χ0v) is 17.2. The van der Waals surface area contributed by atoms with Gasteiger partial charge in [0, 0.05) is 0 Å². The van der Waals surface area contributed by atoms with Gasteiger partial charge in [-0.05, 0) is 24.3 Å². The van der Waals surface area contributed by atoms with Gasteiger partial charge in [0.1, 0.15) is 0 Å². The molecule has 0 radical (unpaired) electrons. The molecule has 2 rings (SSSR count). The van der Waals surface area contributed by atoms with E-state index in [1.807, 2.05) is 0 Å².